The molecule has 0 saturated carbocycles. The average molecular weight is 284 g/mol. The number of hydrogen-bond acceptors (Lipinski definition) is 1. The lowest BCUT2D eigenvalue weighted by atomic mass is 9.89. The molecule has 0 aliphatic carbocycles. The molecule has 3 rings (SSSR count). The largest absolute Gasteiger partial charge is 0.361 e. The molecular weight excluding hydrogens is 270 g/mol. The van der Waals surface area contributed by atoms with Crippen LogP contribution in [0.4, 0.5) is 0 Å². The number of carbonyl (C=O) groups excluding carboxylic acids is 1. The Hall–Kier alpha value is -2.06. The predicted molar refractivity (Wildman–Crippen MR) is 82.3 cm³/mol. The minimum Gasteiger partial charge on any atom is -0.361 e. The van der Waals surface area contributed by atoms with Gasteiger partial charge in [-0.3, -0.25) is 0 Å². The molecule has 0 saturated heterocycles. The van der Waals surface area contributed by atoms with Crippen molar-refractivity contribution in [2.24, 2.45) is 0 Å². The van der Waals surface area contributed by atoms with Crippen molar-refractivity contribution >= 4 is 28.8 Å². The second-order valence-corrected chi connectivity index (χ2v) is 5.17. The van der Waals surface area contributed by atoms with Crippen molar-refractivity contribution in [3.05, 3.63) is 70.9 Å². The van der Waals surface area contributed by atoms with Gasteiger partial charge in [0.25, 0.3) is 0 Å². The van der Waals surface area contributed by atoms with Crippen molar-refractivity contribution in [3.8, 4) is 0 Å². The number of hydrogen-bond donors (Lipinski definition) is 1. The molecule has 0 bridgehead atoms. The Labute approximate surface area is 122 Å². The Morgan fingerprint density at radius 2 is 1.80 bits per heavy atom. The number of aromatic amines is 1. The number of aldehydes is 1. The molecule has 2 aromatic carbocycles. The SMILES string of the molecule is O=CCC(c1ccccc1Cl)c1c[nH]c2ccccc12. The van der Waals surface area contributed by atoms with Gasteiger partial charge in [-0.15, -0.1) is 0 Å². The van der Waals surface area contributed by atoms with Gasteiger partial charge in [0.05, 0.1) is 0 Å². The Kier molecular flexibility index (Phi) is 3.57. The number of nitrogens with one attached hydrogen (secondary N) is 1. The zero-order valence-corrected chi connectivity index (χ0v) is 11.6. The molecule has 2 nitrogen and oxygen atoms in total. The van der Waals surface area contributed by atoms with E-state index in [2.05, 4.69) is 11.1 Å². The zero-order valence-electron chi connectivity index (χ0n) is 10.8. The van der Waals surface area contributed by atoms with Crippen molar-refractivity contribution in [3.63, 3.8) is 0 Å². The van der Waals surface area contributed by atoms with Crippen molar-refractivity contribution in [1.29, 1.82) is 0 Å². The van der Waals surface area contributed by atoms with E-state index >= 15 is 0 Å². The molecule has 0 amide bonds. The second-order valence-electron chi connectivity index (χ2n) is 4.77. The second kappa shape index (κ2) is 5.51. The van der Waals surface area contributed by atoms with E-state index in [9.17, 15) is 4.79 Å². The first-order valence-electron chi connectivity index (χ1n) is 6.55. The van der Waals surface area contributed by atoms with E-state index in [4.69, 9.17) is 11.6 Å². The van der Waals surface area contributed by atoms with Crippen molar-refractivity contribution in [1.82, 2.24) is 4.98 Å². The van der Waals surface area contributed by atoms with E-state index < -0.39 is 0 Å². The van der Waals surface area contributed by atoms with E-state index in [0.717, 1.165) is 28.3 Å². The molecule has 100 valence electrons. The van der Waals surface area contributed by atoms with Crippen LogP contribution >= 0.6 is 11.6 Å². The molecule has 0 aliphatic heterocycles. The fourth-order valence-electron chi connectivity index (χ4n) is 2.66. The van der Waals surface area contributed by atoms with Crippen LogP contribution in [-0.2, 0) is 4.79 Å². The molecule has 0 radical (unpaired) electrons. The molecule has 0 fully saturated rings. The van der Waals surface area contributed by atoms with Crippen LogP contribution < -0.4 is 0 Å². The van der Waals surface area contributed by atoms with Gasteiger partial charge in [0.2, 0.25) is 0 Å². The predicted octanol–water partition coefficient (Wildman–Crippen LogP) is 4.54. The molecule has 3 heteroatoms. The third kappa shape index (κ3) is 2.23. The third-order valence-corrected chi connectivity index (χ3v) is 3.95. The number of rotatable bonds is 4. The number of carbonyl (C=O) groups is 1. The van der Waals surface area contributed by atoms with Gasteiger partial charge >= 0.3 is 0 Å². The number of para-hydroxylation sites is 1. The van der Waals surface area contributed by atoms with Gasteiger partial charge in [0.1, 0.15) is 6.29 Å². The Balaban J connectivity index is 2.16. The van der Waals surface area contributed by atoms with Crippen molar-refractivity contribution in [2.45, 2.75) is 12.3 Å². The van der Waals surface area contributed by atoms with Gasteiger partial charge in [-0.2, -0.15) is 0 Å². The minimum atomic E-state index is -0.0163. The van der Waals surface area contributed by atoms with Gasteiger partial charge in [-0.1, -0.05) is 48.0 Å². The monoisotopic (exact) mass is 283 g/mol. The molecule has 1 atom stereocenters. The fourth-order valence-corrected chi connectivity index (χ4v) is 2.93. The van der Waals surface area contributed by atoms with E-state index in [1.807, 2.05) is 48.7 Å². The first-order chi connectivity index (χ1) is 9.81. The third-order valence-electron chi connectivity index (χ3n) is 3.61. The van der Waals surface area contributed by atoms with Crippen molar-refractivity contribution < 1.29 is 4.79 Å². The summed E-state index contributed by atoms with van der Waals surface area (Å²) in [5, 5.41) is 1.84. The van der Waals surface area contributed by atoms with Gasteiger partial charge in [0, 0.05) is 34.5 Å². The Morgan fingerprint density at radius 1 is 1.05 bits per heavy atom. The molecule has 1 aromatic heterocycles. The molecule has 20 heavy (non-hydrogen) atoms. The summed E-state index contributed by atoms with van der Waals surface area (Å²) in [7, 11) is 0. The van der Waals surface area contributed by atoms with Gasteiger partial charge < -0.3 is 9.78 Å². The van der Waals surface area contributed by atoms with Gasteiger partial charge in [-0.05, 0) is 23.3 Å². The van der Waals surface area contributed by atoms with E-state index in [-0.39, 0.29) is 5.92 Å². The first kappa shape index (κ1) is 12.9. The average Bonchev–Trinajstić information content (AvgIpc) is 2.90. The van der Waals surface area contributed by atoms with Crippen LogP contribution in [0.1, 0.15) is 23.5 Å². The van der Waals surface area contributed by atoms with E-state index in [1.165, 1.54) is 0 Å². The molecular formula is C17H14ClNO. The number of halogens is 1. The Morgan fingerprint density at radius 3 is 2.60 bits per heavy atom. The number of aromatic nitrogens is 1. The number of benzene rings is 2. The number of H-pyrrole nitrogens is 1. The summed E-state index contributed by atoms with van der Waals surface area (Å²) in [4.78, 5) is 14.3. The summed E-state index contributed by atoms with van der Waals surface area (Å²) in [5.41, 5.74) is 3.18. The summed E-state index contributed by atoms with van der Waals surface area (Å²) < 4.78 is 0. The lowest BCUT2D eigenvalue weighted by molar-refractivity contribution is -0.108. The maximum atomic E-state index is 11.1. The highest BCUT2D eigenvalue weighted by Crippen LogP contribution is 2.35. The fraction of sp³-hybridized carbons (Fsp3) is 0.118. The lowest BCUT2D eigenvalue weighted by Gasteiger charge is -2.15. The number of fused-ring (bicyclic) bond motifs is 1. The van der Waals surface area contributed by atoms with Crippen LogP contribution in [0.15, 0.2) is 54.7 Å². The first-order valence-corrected chi connectivity index (χ1v) is 6.93. The summed E-state index contributed by atoms with van der Waals surface area (Å²) in [5.74, 6) is -0.0163. The summed E-state index contributed by atoms with van der Waals surface area (Å²) >= 11 is 6.30. The molecule has 0 spiro atoms. The van der Waals surface area contributed by atoms with E-state index in [1.54, 1.807) is 0 Å². The topological polar surface area (TPSA) is 32.9 Å². The lowest BCUT2D eigenvalue weighted by Crippen LogP contribution is -2.02. The Bertz CT molecular complexity index is 747. The summed E-state index contributed by atoms with van der Waals surface area (Å²) in [6.45, 7) is 0. The van der Waals surface area contributed by atoms with Crippen LogP contribution in [0.5, 0.6) is 0 Å². The van der Waals surface area contributed by atoms with Crippen LogP contribution in [0.3, 0.4) is 0 Å². The molecule has 1 N–H and O–H groups in total. The van der Waals surface area contributed by atoms with Crippen LogP contribution in [0.2, 0.25) is 5.02 Å². The van der Waals surface area contributed by atoms with Crippen LogP contribution in [0.25, 0.3) is 10.9 Å². The summed E-state index contributed by atoms with van der Waals surface area (Å²) in [6, 6.07) is 15.8. The highest BCUT2D eigenvalue weighted by Gasteiger charge is 2.19. The van der Waals surface area contributed by atoms with E-state index in [0.29, 0.717) is 11.4 Å². The molecule has 1 unspecified atom stereocenters. The van der Waals surface area contributed by atoms with Crippen molar-refractivity contribution in [2.75, 3.05) is 0 Å². The maximum absolute atomic E-state index is 11.1. The molecule has 1 heterocycles. The molecule has 3 aromatic rings. The normalized spacial score (nSPS) is 12.4. The van der Waals surface area contributed by atoms with Gasteiger partial charge in [-0.25, -0.2) is 0 Å². The van der Waals surface area contributed by atoms with Gasteiger partial charge in [0.15, 0.2) is 0 Å². The van der Waals surface area contributed by atoms with Crippen LogP contribution in [-0.4, -0.2) is 11.3 Å². The van der Waals surface area contributed by atoms with Crippen LogP contribution in [0, 0.1) is 0 Å². The molecule has 0 aliphatic rings. The standard InChI is InChI=1S/C17H14ClNO/c18-16-7-3-1-5-13(16)12(9-10-20)15-11-19-17-8-4-2-6-14(15)17/h1-8,10-12,19H,9H2. The highest BCUT2D eigenvalue weighted by atomic mass is 35.5. The maximum Gasteiger partial charge on any atom is 0.120 e. The highest BCUT2D eigenvalue weighted by molar-refractivity contribution is 6.31. The quantitative estimate of drug-likeness (QED) is 0.701. The zero-order chi connectivity index (χ0) is 13.9. The smallest absolute Gasteiger partial charge is 0.120 e. The minimum absolute atomic E-state index is 0.0163. The summed E-state index contributed by atoms with van der Waals surface area (Å²) in [6.07, 6.45) is 3.35.